The standard InChI is InChI=1S/C48H30N4O2/c1-3-9-31(10-4-1)36-21-37(32-11-5-2-6-12-32)23-38(22-36)33-15-16-41-42(24-33)48(35-18-20-50-44(26-35)46-28-54-30-52-46)40-14-8-7-13-39(40)47(41)34-17-19-49-43(25-34)45-27-53-29-51-45/h1-30H. The summed E-state index contributed by atoms with van der Waals surface area (Å²) in [7, 11) is 0. The molecule has 0 bridgehead atoms. The largest absolute Gasteiger partial charge is 0.451 e. The van der Waals surface area contributed by atoms with E-state index in [9.17, 15) is 0 Å². The first kappa shape index (κ1) is 31.3. The first-order valence-corrected chi connectivity index (χ1v) is 17.7. The van der Waals surface area contributed by atoms with Gasteiger partial charge in [0.25, 0.3) is 0 Å². The Morgan fingerprint density at radius 1 is 0.296 bits per heavy atom. The van der Waals surface area contributed by atoms with E-state index in [-0.39, 0.29) is 0 Å². The molecule has 0 spiro atoms. The summed E-state index contributed by atoms with van der Waals surface area (Å²) < 4.78 is 10.7. The second-order valence-corrected chi connectivity index (χ2v) is 13.2. The van der Waals surface area contributed by atoms with Crippen LogP contribution in [0.1, 0.15) is 0 Å². The SMILES string of the molecule is c1ccc(-c2cc(-c3ccccc3)cc(-c3ccc4c(-c5ccnc(-c6cocn6)c5)c5ccccc5c(-c5ccnc(-c6cocn6)c5)c4c3)c2)cc1. The minimum Gasteiger partial charge on any atom is -0.451 e. The van der Waals surface area contributed by atoms with Crippen LogP contribution in [0.3, 0.4) is 0 Å². The van der Waals surface area contributed by atoms with Crippen molar-refractivity contribution >= 4 is 21.5 Å². The summed E-state index contributed by atoms with van der Waals surface area (Å²) in [6, 6.07) is 51.9. The zero-order valence-electron chi connectivity index (χ0n) is 28.9. The van der Waals surface area contributed by atoms with Crippen LogP contribution < -0.4 is 0 Å². The zero-order chi connectivity index (χ0) is 35.8. The number of oxazole rings is 2. The smallest absolute Gasteiger partial charge is 0.181 e. The molecule has 6 heteroatoms. The lowest BCUT2D eigenvalue weighted by Gasteiger charge is -2.19. The van der Waals surface area contributed by atoms with Crippen LogP contribution >= 0.6 is 0 Å². The van der Waals surface area contributed by atoms with E-state index >= 15 is 0 Å². The van der Waals surface area contributed by atoms with Crippen molar-refractivity contribution in [2.75, 3.05) is 0 Å². The lowest BCUT2D eigenvalue weighted by atomic mass is 9.84. The fraction of sp³-hybridized carbons (Fsp3) is 0. The van der Waals surface area contributed by atoms with Crippen molar-refractivity contribution in [1.82, 2.24) is 19.9 Å². The van der Waals surface area contributed by atoms with Crippen LogP contribution in [0.25, 0.3) is 100.0 Å². The molecule has 254 valence electrons. The van der Waals surface area contributed by atoms with Gasteiger partial charge in [-0.25, -0.2) is 9.97 Å². The van der Waals surface area contributed by atoms with Crippen molar-refractivity contribution in [3.05, 3.63) is 183 Å². The molecule has 0 atom stereocenters. The molecule has 6 aromatic carbocycles. The van der Waals surface area contributed by atoms with Gasteiger partial charge in [-0.05, 0) is 126 Å². The Morgan fingerprint density at radius 3 is 1.26 bits per heavy atom. The highest BCUT2D eigenvalue weighted by molar-refractivity contribution is 6.22. The van der Waals surface area contributed by atoms with Gasteiger partial charge in [-0.15, -0.1) is 0 Å². The Labute approximate surface area is 311 Å². The molecule has 0 amide bonds. The molecule has 0 saturated carbocycles. The molecule has 0 fully saturated rings. The fourth-order valence-electron chi connectivity index (χ4n) is 7.50. The summed E-state index contributed by atoms with van der Waals surface area (Å²) >= 11 is 0. The number of hydrogen-bond acceptors (Lipinski definition) is 6. The molecular formula is C48H30N4O2. The molecule has 4 heterocycles. The third-order valence-corrected chi connectivity index (χ3v) is 9.99. The monoisotopic (exact) mass is 694 g/mol. The Balaban J connectivity index is 1.27. The molecule has 0 unspecified atom stereocenters. The summed E-state index contributed by atoms with van der Waals surface area (Å²) in [5.74, 6) is 0. The molecule has 10 rings (SSSR count). The van der Waals surface area contributed by atoms with E-state index in [2.05, 4.69) is 166 Å². The first-order chi connectivity index (χ1) is 26.8. The van der Waals surface area contributed by atoms with Gasteiger partial charge >= 0.3 is 0 Å². The molecule has 10 aromatic rings. The van der Waals surface area contributed by atoms with Gasteiger partial charge in [0.1, 0.15) is 23.9 Å². The maximum atomic E-state index is 5.34. The number of rotatable bonds is 7. The van der Waals surface area contributed by atoms with Crippen LogP contribution in [-0.4, -0.2) is 19.9 Å². The van der Waals surface area contributed by atoms with Gasteiger partial charge in [0.2, 0.25) is 0 Å². The molecule has 54 heavy (non-hydrogen) atoms. The van der Waals surface area contributed by atoms with Crippen LogP contribution in [0.2, 0.25) is 0 Å². The lowest BCUT2D eigenvalue weighted by Crippen LogP contribution is -1.94. The van der Waals surface area contributed by atoms with Gasteiger partial charge in [-0.2, -0.15) is 0 Å². The van der Waals surface area contributed by atoms with Crippen molar-refractivity contribution in [1.29, 1.82) is 0 Å². The minimum absolute atomic E-state index is 0.686. The Hall–Kier alpha value is -7.44. The van der Waals surface area contributed by atoms with Crippen molar-refractivity contribution < 1.29 is 8.83 Å². The minimum atomic E-state index is 0.686. The molecule has 0 saturated heterocycles. The van der Waals surface area contributed by atoms with E-state index in [1.54, 1.807) is 12.5 Å². The van der Waals surface area contributed by atoms with Crippen LogP contribution in [0.15, 0.2) is 192 Å². The molecule has 0 radical (unpaired) electrons. The van der Waals surface area contributed by atoms with Gasteiger partial charge < -0.3 is 8.83 Å². The summed E-state index contributed by atoms with van der Waals surface area (Å²) in [5, 5.41) is 4.48. The van der Waals surface area contributed by atoms with Crippen molar-refractivity contribution in [2.45, 2.75) is 0 Å². The first-order valence-electron chi connectivity index (χ1n) is 17.7. The predicted molar refractivity (Wildman–Crippen MR) is 215 cm³/mol. The summed E-state index contributed by atoms with van der Waals surface area (Å²) in [6.07, 6.45) is 9.81. The number of benzene rings is 6. The van der Waals surface area contributed by atoms with Gasteiger partial charge in [0.05, 0.1) is 11.4 Å². The molecule has 0 aliphatic carbocycles. The molecule has 0 aliphatic heterocycles. The van der Waals surface area contributed by atoms with Crippen molar-refractivity contribution in [2.24, 2.45) is 0 Å². The maximum Gasteiger partial charge on any atom is 0.181 e. The number of fused-ring (bicyclic) bond motifs is 2. The number of pyridine rings is 2. The van der Waals surface area contributed by atoms with Crippen LogP contribution in [0, 0.1) is 0 Å². The molecule has 6 nitrogen and oxygen atoms in total. The second-order valence-electron chi connectivity index (χ2n) is 13.2. The second kappa shape index (κ2) is 13.3. The van der Waals surface area contributed by atoms with Crippen molar-refractivity contribution in [3.8, 4) is 78.4 Å². The zero-order valence-corrected chi connectivity index (χ0v) is 28.9. The Bertz CT molecular complexity index is 2860. The van der Waals surface area contributed by atoms with Crippen LogP contribution in [0.4, 0.5) is 0 Å². The summed E-state index contributed by atoms with van der Waals surface area (Å²) in [4.78, 5) is 18.1. The van der Waals surface area contributed by atoms with Gasteiger partial charge in [-0.1, -0.05) is 97.1 Å². The average molecular weight is 695 g/mol. The van der Waals surface area contributed by atoms with E-state index in [0.717, 1.165) is 77.4 Å². The topological polar surface area (TPSA) is 77.8 Å². The van der Waals surface area contributed by atoms with E-state index in [1.807, 2.05) is 12.4 Å². The molecule has 4 aromatic heterocycles. The lowest BCUT2D eigenvalue weighted by molar-refractivity contribution is 0.558. The van der Waals surface area contributed by atoms with E-state index in [1.165, 1.54) is 23.9 Å². The van der Waals surface area contributed by atoms with Crippen LogP contribution in [0.5, 0.6) is 0 Å². The number of nitrogens with zero attached hydrogens (tertiary/aromatic N) is 4. The molecule has 0 N–H and O–H groups in total. The summed E-state index contributed by atoms with van der Waals surface area (Å²) in [5.41, 5.74) is 14.1. The highest BCUT2D eigenvalue weighted by atomic mass is 16.3. The predicted octanol–water partition coefficient (Wildman–Crippen LogP) is 12.4. The van der Waals surface area contributed by atoms with Gasteiger partial charge in [0.15, 0.2) is 12.8 Å². The van der Waals surface area contributed by atoms with E-state index in [0.29, 0.717) is 11.4 Å². The highest BCUT2D eigenvalue weighted by Gasteiger charge is 2.20. The van der Waals surface area contributed by atoms with Gasteiger partial charge in [0, 0.05) is 12.4 Å². The Kier molecular flexibility index (Phi) is 7.69. The van der Waals surface area contributed by atoms with Crippen LogP contribution in [-0.2, 0) is 0 Å². The fourth-order valence-corrected chi connectivity index (χ4v) is 7.50. The normalized spacial score (nSPS) is 11.3. The molecule has 0 aliphatic rings. The molecular weight excluding hydrogens is 665 g/mol. The number of aromatic nitrogens is 4. The van der Waals surface area contributed by atoms with Gasteiger partial charge in [-0.3, -0.25) is 9.97 Å². The van der Waals surface area contributed by atoms with E-state index < -0.39 is 0 Å². The average Bonchev–Trinajstić information content (AvgIpc) is 4.00. The quantitative estimate of drug-likeness (QED) is 0.155. The van der Waals surface area contributed by atoms with E-state index in [4.69, 9.17) is 8.83 Å². The van der Waals surface area contributed by atoms with Crippen molar-refractivity contribution in [3.63, 3.8) is 0 Å². The highest BCUT2D eigenvalue weighted by Crippen LogP contribution is 2.46. The summed E-state index contributed by atoms with van der Waals surface area (Å²) in [6.45, 7) is 0. The third kappa shape index (κ3) is 5.63. The Morgan fingerprint density at radius 2 is 0.759 bits per heavy atom. The third-order valence-electron chi connectivity index (χ3n) is 9.99. The maximum absolute atomic E-state index is 5.34. The number of hydrogen-bond donors (Lipinski definition) is 0.